The second-order valence-electron chi connectivity index (χ2n) is 5.03. The van der Waals surface area contributed by atoms with Gasteiger partial charge in [-0.25, -0.2) is 4.79 Å². The van der Waals surface area contributed by atoms with Crippen LogP contribution >= 0.6 is 0 Å². The van der Waals surface area contributed by atoms with E-state index in [9.17, 15) is 4.79 Å². The van der Waals surface area contributed by atoms with Crippen molar-refractivity contribution in [2.24, 2.45) is 0 Å². The molecule has 5 heteroatoms. The second kappa shape index (κ2) is 9.23. The summed E-state index contributed by atoms with van der Waals surface area (Å²) in [7, 11) is 1.61. The van der Waals surface area contributed by atoms with E-state index >= 15 is 0 Å². The minimum absolute atomic E-state index is 0.0266. The van der Waals surface area contributed by atoms with Crippen LogP contribution in [0.1, 0.15) is 31.7 Å². The fourth-order valence-corrected chi connectivity index (χ4v) is 2.09. The average Bonchev–Trinajstić information content (AvgIpc) is 2.48. The normalized spacial score (nSPS) is 10.3. The van der Waals surface area contributed by atoms with Crippen LogP contribution in [0, 0.1) is 6.92 Å². The van der Waals surface area contributed by atoms with Crippen molar-refractivity contribution in [1.29, 1.82) is 0 Å². The number of aliphatic hydroxyl groups is 1. The van der Waals surface area contributed by atoms with Gasteiger partial charge in [0.15, 0.2) is 0 Å². The van der Waals surface area contributed by atoms with Gasteiger partial charge < -0.3 is 20.1 Å². The smallest absolute Gasteiger partial charge is 0.321 e. The first-order chi connectivity index (χ1) is 10.1. The highest BCUT2D eigenvalue weighted by Crippen LogP contribution is 2.21. The molecule has 0 heterocycles. The molecule has 5 nitrogen and oxygen atoms in total. The SMILES string of the molecule is CCCCCN(CCO)C(=O)Nc1ccc(OC)cc1C. The summed E-state index contributed by atoms with van der Waals surface area (Å²) in [4.78, 5) is 13.9. The van der Waals surface area contributed by atoms with E-state index in [0.717, 1.165) is 36.3 Å². The molecule has 0 saturated heterocycles. The molecule has 0 radical (unpaired) electrons. The Morgan fingerprint density at radius 2 is 2.10 bits per heavy atom. The summed E-state index contributed by atoms with van der Waals surface area (Å²) in [5.74, 6) is 0.764. The van der Waals surface area contributed by atoms with Gasteiger partial charge in [0, 0.05) is 18.8 Å². The van der Waals surface area contributed by atoms with Crippen molar-refractivity contribution in [1.82, 2.24) is 4.90 Å². The minimum atomic E-state index is -0.173. The van der Waals surface area contributed by atoms with Crippen LogP contribution in [0.5, 0.6) is 5.75 Å². The molecule has 1 rings (SSSR count). The molecule has 0 aliphatic rings. The van der Waals surface area contributed by atoms with Crippen molar-refractivity contribution in [2.45, 2.75) is 33.1 Å². The summed E-state index contributed by atoms with van der Waals surface area (Å²) in [5.41, 5.74) is 1.71. The second-order valence-corrected chi connectivity index (χ2v) is 5.03. The van der Waals surface area contributed by atoms with E-state index in [0.29, 0.717) is 13.1 Å². The van der Waals surface area contributed by atoms with Crippen molar-refractivity contribution in [3.63, 3.8) is 0 Å². The first kappa shape index (κ1) is 17.3. The lowest BCUT2D eigenvalue weighted by Crippen LogP contribution is -2.37. The van der Waals surface area contributed by atoms with Gasteiger partial charge >= 0.3 is 6.03 Å². The third kappa shape index (κ3) is 5.63. The van der Waals surface area contributed by atoms with Crippen LogP contribution < -0.4 is 10.1 Å². The molecular formula is C16H26N2O3. The van der Waals surface area contributed by atoms with Crippen molar-refractivity contribution in [3.05, 3.63) is 23.8 Å². The van der Waals surface area contributed by atoms with E-state index in [4.69, 9.17) is 9.84 Å². The average molecular weight is 294 g/mol. The zero-order chi connectivity index (χ0) is 15.7. The van der Waals surface area contributed by atoms with Gasteiger partial charge in [-0.3, -0.25) is 0 Å². The van der Waals surface area contributed by atoms with Crippen LogP contribution in [0.15, 0.2) is 18.2 Å². The quantitative estimate of drug-likeness (QED) is 0.724. The van der Waals surface area contributed by atoms with Gasteiger partial charge in [0.2, 0.25) is 0 Å². The van der Waals surface area contributed by atoms with Gasteiger partial charge in [0.05, 0.1) is 13.7 Å². The molecule has 0 bridgehead atoms. The number of aryl methyl sites for hydroxylation is 1. The van der Waals surface area contributed by atoms with Crippen LogP contribution in [-0.4, -0.2) is 42.8 Å². The number of methoxy groups -OCH3 is 1. The molecule has 0 fully saturated rings. The molecule has 1 aromatic carbocycles. The fraction of sp³-hybridized carbons (Fsp3) is 0.562. The van der Waals surface area contributed by atoms with Gasteiger partial charge in [-0.05, 0) is 37.1 Å². The van der Waals surface area contributed by atoms with E-state index in [-0.39, 0.29) is 12.6 Å². The number of amides is 2. The van der Waals surface area contributed by atoms with Crippen LogP contribution in [0.2, 0.25) is 0 Å². The number of urea groups is 1. The lowest BCUT2D eigenvalue weighted by Gasteiger charge is -2.22. The number of rotatable bonds is 8. The molecule has 118 valence electrons. The highest BCUT2D eigenvalue weighted by Gasteiger charge is 2.13. The largest absolute Gasteiger partial charge is 0.497 e. The Labute approximate surface area is 126 Å². The number of anilines is 1. The monoisotopic (exact) mass is 294 g/mol. The van der Waals surface area contributed by atoms with Crippen LogP contribution in [0.3, 0.4) is 0 Å². The molecule has 0 aliphatic carbocycles. The number of benzene rings is 1. The summed E-state index contributed by atoms with van der Waals surface area (Å²) in [6.45, 7) is 5.03. The van der Waals surface area contributed by atoms with Crippen LogP contribution in [0.25, 0.3) is 0 Å². The topological polar surface area (TPSA) is 61.8 Å². The first-order valence-electron chi connectivity index (χ1n) is 7.43. The Kier molecular flexibility index (Phi) is 7.61. The molecule has 0 aromatic heterocycles. The maximum Gasteiger partial charge on any atom is 0.321 e. The molecule has 0 unspecified atom stereocenters. The van der Waals surface area contributed by atoms with E-state index in [1.807, 2.05) is 25.1 Å². The van der Waals surface area contributed by atoms with Crippen molar-refractivity contribution >= 4 is 11.7 Å². The summed E-state index contributed by atoms with van der Waals surface area (Å²) >= 11 is 0. The number of hydrogen-bond acceptors (Lipinski definition) is 3. The third-order valence-electron chi connectivity index (χ3n) is 3.36. The highest BCUT2D eigenvalue weighted by molar-refractivity contribution is 5.90. The van der Waals surface area contributed by atoms with E-state index < -0.39 is 0 Å². The zero-order valence-electron chi connectivity index (χ0n) is 13.2. The predicted octanol–water partition coefficient (Wildman–Crippen LogP) is 3.02. The summed E-state index contributed by atoms with van der Waals surface area (Å²) in [5, 5.41) is 12.0. The Hall–Kier alpha value is -1.75. The maximum absolute atomic E-state index is 12.3. The molecule has 0 atom stereocenters. The van der Waals surface area contributed by atoms with Crippen molar-refractivity contribution < 1.29 is 14.6 Å². The van der Waals surface area contributed by atoms with Crippen LogP contribution in [-0.2, 0) is 0 Å². The number of nitrogens with one attached hydrogen (secondary N) is 1. The molecule has 0 saturated carbocycles. The maximum atomic E-state index is 12.3. The molecule has 2 N–H and O–H groups in total. The van der Waals surface area contributed by atoms with E-state index in [1.54, 1.807) is 12.0 Å². The Morgan fingerprint density at radius 3 is 2.67 bits per heavy atom. The number of nitrogens with zero attached hydrogens (tertiary/aromatic N) is 1. The van der Waals surface area contributed by atoms with Crippen molar-refractivity contribution in [3.8, 4) is 5.75 Å². The number of hydrogen-bond donors (Lipinski definition) is 2. The number of ether oxygens (including phenoxy) is 1. The molecule has 0 spiro atoms. The van der Waals surface area contributed by atoms with E-state index in [2.05, 4.69) is 12.2 Å². The predicted molar refractivity (Wildman–Crippen MR) is 84.9 cm³/mol. The number of aliphatic hydroxyl groups excluding tert-OH is 1. The van der Waals surface area contributed by atoms with Gasteiger partial charge in [0.25, 0.3) is 0 Å². The van der Waals surface area contributed by atoms with Gasteiger partial charge in [-0.15, -0.1) is 0 Å². The Morgan fingerprint density at radius 1 is 1.33 bits per heavy atom. The standard InChI is InChI=1S/C16H26N2O3/c1-4-5-6-9-18(10-11-19)16(20)17-15-8-7-14(21-3)12-13(15)2/h7-8,12,19H,4-6,9-11H2,1-3H3,(H,17,20). The fourth-order valence-electron chi connectivity index (χ4n) is 2.09. The van der Waals surface area contributed by atoms with Gasteiger partial charge in [-0.1, -0.05) is 19.8 Å². The lowest BCUT2D eigenvalue weighted by molar-refractivity contribution is 0.187. The third-order valence-corrected chi connectivity index (χ3v) is 3.36. The van der Waals surface area contributed by atoms with Gasteiger partial charge in [0.1, 0.15) is 5.75 Å². The van der Waals surface area contributed by atoms with Crippen LogP contribution in [0.4, 0.5) is 10.5 Å². The molecule has 2 amide bonds. The highest BCUT2D eigenvalue weighted by atomic mass is 16.5. The molecule has 0 aliphatic heterocycles. The van der Waals surface area contributed by atoms with Crippen molar-refractivity contribution in [2.75, 3.05) is 32.1 Å². The number of unbranched alkanes of at least 4 members (excludes halogenated alkanes) is 2. The summed E-state index contributed by atoms with van der Waals surface area (Å²) in [6.07, 6.45) is 3.13. The number of carbonyl (C=O) groups is 1. The Bertz CT molecular complexity index is 449. The lowest BCUT2D eigenvalue weighted by atomic mass is 10.2. The first-order valence-corrected chi connectivity index (χ1v) is 7.43. The van der Waals surface area contributed by atoms with E-state index in [1.165, 1.54) is 0 Å². The van der Waals surface area contributed by atoms with Gasteiger partial charge in [-0.2, -0.15) is 0 Å². The zero-order valence-corrected chi connectivity index (χ0v) is 13.2. The number of carbonyl (C=O) groups excluding carboxylic acids is 1. The Balaban J connectivity index is 2.67. The summed E-state index contributed by atoms with van der Waals surface area (Å²) < 4.78 is 5.15. The molecule has 21 heavy (non-hydrogen) atoms. The molecule has 1 aromatic rings. The summed E-state index contributed by atoms with van der Waals surface area (Å²) in [6, 6.07) is 5.35. The minimum Gasteiger partial charge on any atom is -0.497 e. The molecular weight excluding hydrogens is 268 g/mol.